The number of unbranched alkanes of at least 4 members (excludes halogenated alkanes) is 11. The largest absolute Gasteiger partial charge is 0.481 e. The molecule has 9 atom stereocenters. The van der Waals surface area contributed by atoms with Gasteiger partial charge in [-0.1, -0.05) is 84.5 Å². The van der Waals surface area contributed by atoms with Crippen molar-refractivity contribution in [2.45, 2.75) is 185 Å². The maximum absolute atomic E-state index is 13.7. The molecule has 1 rings (SSSR count). The van der Waals surface area contributed by atoms with E-state index in [9.17, 15) is 58.3 Å². The number of rotatable bonds is 34. The Balaban J connectivity index is 2.89. The number of nitrogens with zero attached hydrogens (tertiary/aromatic N) is 1. The first-order valence-corrected chi connectivity index (χ1v) is 23.1. The number of aliphatic carboxylic acids is 2. The molecule has 364 valence electrons. The second-order valence-electron chi connectivity index (χ2n) is 15.6. The average molecular weight is 927 g/mol. The fraction of sp³-hybridized carbons (Fsp3) is 0.825. The highest BCUT2D eigenvalue weighted by atomic mass is 31.2. The fourth-order valence-corrected chi connectivity index (χ4v) is 7.80. The van der Waals surface area contributed by atoms with E-state index < -0.39 is 137 Å². The van der Waals surface area contributed by atoms with E-state index in [1.807, 2.05) is 0 Å². The van der Waals surface area contributed by atoms with Crippen molar-refractivity contribution in [3.63, 3.8) is 0 Å². The van der Waals surface area contributed by atoms with Crippen molar-refractivity contribution in [3.8, 4) is 0 Å². The number of carboxylic acid groups (broad SMARTS) is 2. The summed E-state index contributed by atoms with van der Waals surface area (Å²) in [7, 11) is -4.37. The van der Waals surface area contributed by atoms with Gasteiger partial charge in [0.15, 0.2) is 11.6 Å². The molecule has 1 aliphatic rings. The van der Waals surface area contributed by atoms with Gasteiger partial charge in [0.25, 0.3) is 0 Å². The number of nitrogens with one attached hydrogen (secondary N) is 1. The zero-order valence-electron chi connectivity index (χ0n) is 37.8. The van der Waals surface area contributed by atoms with Crippen molar-refractivity contribution in [3.05, 3.63) is 0 Å². The van der Waals surface area contributed by atoms with Crippen LogP contribution in [0.3, 0.4) is 0 Å². The molecule has 23 heteroatoms. The molecule has 0 radical (unpaired) electrons. The summed E-state index contributed by atoms with van der Waals surface area (Å²) >= 11 is 0. The topological polar surface area (TPSA) is 357 Å². The minimum absolute atomic E-state index is 0.0283. The number of carboxylic acids is 2. The molecule has 0 aromatic carbocycles. The summed E-state index contributed by atoms with van der Waals surface area (Å²) in [5.41, 5.74) is 15.4. The van der Waals surface area contributed by atoms with Crippen molar-refractivity contribution in [1.29, 1.82) is 0 Å². The van der Waals surface area contributed by atoms with Gasteiger partial charge in [-0.25, -0.2) is 9.36 Å². The molecule has 1 heterocycles. The Labute approximate surface area is 370 Å². The number of hydrogen-bond acceptors (Lipinski definition) is 16. The van der Waals surface area contributed by atoms with Gasteiger partial charge < -0.3 is 56.9 Å². The number of hydrogen-bond donors (Lipinski definition) is 8. The van der Waals surface area contributed by atoms with Crippen LogP contribution in [0.15, 0.2) is 0 Å². The predicted octanol–water partition coefficient (Wildman–Crippen LogP) is 1.78. The Morgan fingerprint density at radius 2 is 1.49 bits per heavy atom. The van der Waals surface area contributed by atoms with Crippen molar-refractivity contribution < 1.29 is 83.0 Å². The lowest BCUT2D eigenvalue weighted by atomic mass is 9.76. The van der Waals surface area contributed by atoms with Crippen LogP contribution in [0, 0.1) is 0 Å². The van der Waals surface area contributed by atoms with E-state index in [0.29, 0.717) is 6.42 Å². The van der Waals surface area contributed by atoms with Gasteiger partial charge in [-0.05, 0) is 26.2 Å². The van der Waals surface area contributed by atoms with Crippen molar-refractivity contribution in [1.82, 2.24) is 10.2 Å². The second kappa shape index (κ2) is 29.8. The van der Waals surface area contributed by atoms with E-state index in [0.717, 1.165) is 39.5 Å². The number of carbonyl (C=O) groups is 7. The van der Waals surface area contributed by atoms with E-state index in [1.165, 1.54) is 44.9 Å². The summed E-state index contributed by atoms with van der Waals surface area (Å²) in [6.07, 6.45) is 1.19. The zero-order valence-corrected chi connectivity index (χ0v) is 37.7. The third-order valence-corrected chi connectivity index (χ3v) is 11.6. The number of imide groups is 1. The van der Waals surface area contributed by atoms with Crippen LogP contribution in [-0.4, -0.2) is 141 Å². The van der Waals surface area contributed by atoms with Crippen LogP contribution in [0.25, 0.3) is 0 Å². The highest BCUT2D eigenvalue weighted by molar-refractivity contribution is 7.47. The molecule has 0 aromatic heterocycles. The first kappa shape index (κ1) is 55.5. The Bertz CT molecular complexity index is 1550. The van der Waals surface area contributed by atoms with Gasteiger partial charge in [0.1, 0.15) is 31.0 Å². The van der Waals surface area contributed by atoms with Gasteiger partial charge >= 0.3 is 25.7 Å². The lowest BCUT2D eigenvalue weighted by molar-refractivity contribution is -0.239. The summed E-state index contributed by atoms with van der Waals surface area (Å²) in [5.74, 6) is -8.66. The first-order valence-electron chi connectivity index (χ1n) is 22.3. The van der Waals surface area contributed by atoms with Crippen LogP contribution in [0.1, 0.15) is 138 Å². The molecule has 0 spiro atoms. The molecule has 11 N–H and O–H groups in total. The van der Waals surface area contributed by atoms with Crippen LogP contribution in [0.2, 0.25) is 0 Å². The van der Waals surface area contributed by atoms with E-state index in [2.05, 4.69) is 12.2 Å². The molecule has 1 fully saturated rings. The zero-order chi connectivity index (χ0) is 48.5. The summed E-state index contributed by atoms with van der Waals surface area (Å²) in [4.78, 5) is 99.4. The molecule has 4 amide bonds. The van der Waals surface area contributed by atoms with Gasteiger partial charge in [-0.3, -0.25) is 42.7 Å². The maximum Gasteiger partial charge on any atom is 0.472 e. The minimum atomic E-state index is -4.37. The Morgan fingerprint density at radius 1 is 0.921 bits per heavy atom. The summed E-state index contributed by atoms with van der Waals surface area (Å²) < 4.78 is 46.3. The molecule has 1 aliphatic heterocycles. The third-order valence-electron chi connectivity index (χ3n) is 10.6. The highest BCUT2D eigenvalue weighted by Gasteiger charge is 2.61. The number of nitrogens with two attached hydrogens (primary N) is 3. The van der Waals surface area contributed by atoms with Crippen LogP contribution in [-0.2, 0) is 61.4 Å². The smallest absolute Gasteiger partial charge is 0.472 e. The van der Waals surface area contributed by atoms with E-state index in [4.69, 9.17) is 41.8 Å². The Kier molecular flexibility index (Phi) is 26.2. The number of aliphatic hydroxyl groups excluding tert-OH is 1. The SMILES string of the molecule is [2H]CC[C@H](N)C(=O)N(C(C)=O)[C@@](CCC(=O)O)(C(N)=O)C1O[C@H](COC(=O)CCC(=O)NCCOP(=O)(O)OCCCCCCCCCCCCCC)[C@@H](O)[C@H](O[C@H](C)C(=O)O)[C@H]1N. The van der Waals surface area contributed by atoms with Crippen LogP contribution in [0.4, 0.5) is 0 Å². The molecule has 0 aliphatic carbocycles. The molecule has 0 saturated carbocycles. The number of primary amides is 1. The van der Waals surface area contributed by atoms with Crippen molar-refractivity contribution in [2.75, 3.05) is 26.4 Å². The normalized spacial score (nSPS) is 21.8. The quantitative estimate of drug-likeness (QED) is 0.0259. The average Bonchev–Trinajstić information content (AvgIpc) is 3.22. The molecular weight excluding hydrogens is 853 g/mol. The van der Waals surface area contributed by atoms with Gasteiger partial charge in [-0.15, -0.1) is 0 Å². The number of amides is 4. The molecule has 0 aromatic rings. The van der Waals surface area contributed by atoms with Crippen LogP contribution in [0.5, 0.6) is 0 Å². The Morgan fingerprint density at radius 3 is 2.02 bits per heavy atom. The van der Waals surface area contributed by atoms with E-state index in [-0.39, 0.29) is 31.1 Å². The van der Waals surface area contributed by atoms with Gasteiger partial charge in [0, 0.05) is 27.7 Å². The number of phosphoric ester groups is 1. The predicted molar refractivity (Wildman–Crippen MR) is 225 cm³/mol. The third kappa shape index (κ3) is 20.0. The van der Waals surface area contributed by atoms with Crippen molar-refractivity contribution >= 4 is 49.4 Å². The number of carbonyl (C=O) groups excluding carboxylic acids is 5. The molecule has 2 unspecified atom stereocenters. The first-order chi connectivity index (χ1) is 30.2. The summed E-state index contributed by atoms with van der Waals surface area (Å²) in [6.45, 7) is 2.29. The molecule has 22 nitrogen and oxygen atoms in total. The maximum atomic E-state index is 13.7. The molecule has 0 bridgehead atoms. The Hall–Kier alpha value is -3.60. The number of phosphoric acid groups is 1. The lowest BCUT2D eigenvalue weighted by Crippen LogP contribution is -2.77. The van der Waals surface area contributed by atoms with Gasteiger partial charge in [0.05, 0.1) is 31.7 Å². The molecular formula is C40H72N5O17P. The standard InChI is InChI=1S/C40H72N5O17P/c1-5-7-8-9-10-11-12-13-14-15-16-17-23-59-63(56,57)60-24-22-44-30(47)18-19-32(50)58-25-29-34(51)35(61-26(3)38(53)54)33(42)36(62-29)40(39(43)55,21-20-31(48)49)45(27(4)46)37(52)28(41)6-2/h26,28-29,33-36,51H,5-25,41-42H2,1-4H3,(H2,43,55)(H,44,47)(H,48,49)(H,53,54)(H,56,57)/t26-,28+,29-,33-,34-,35-,36?,40-/m1/s1/i2D. The van der Waals surface area contributed by atoms with Crippen LogP contribution >= 0.6 is 7.82 Å². The molecule has 63 heavy (non-hydrogen) atoms. The monoisotopic (exact) mass is 926 g/mol. The molecule has 1 saturated heterocycles. The fourth-order valence-electron chi connectivity index (χ4n) is 7.04. The van der Waals surface area contributed by atoms with E-state index >= 15 is 0 Å². The number of esters is 1. The van der Waals surface area contributed by atoms with Gasteiger partial charge in [-0.2, -0.15) is 0 Å². The second-order valence-corrected chi connectivity index (χ2v) is 17.0. The lowest BCUT2D eigenvalue weighted by Gasteiger charge is -2.52. The number of ether oxygens (including phenoxy) is 3. The van der Waals surface area contributed by atoms with Gasteiger partial charge in [0.2, 0.25) is 23.6 Å². The summed E-state index contributed by atoms with van der Waals surface area (Å²) in [5, 5.41) is 32.9. The number of aliphatic hydroxyl groups is 1. The summed E-state index contributed by atoms with van der Waals surface area (Å²) in [6, 6.07) is -3.38. The van der Waals surface area contributed by atoms with E-state index in [1.54, 1.807) is 0 Å². The minimum Gasteiger partial charge on any atom is -0.481 e. The van der Waals surface area contributed by atoms with Crippen molar-refractivity contribution in [2.24, 2.45) is 17.2 Å². The van der Waals surface area contributed by atoms with Crippen LogP contribution < -0.4 is 22.5 Å². The highest BCUT2D eigenvalue weighted by Crippen LogP contribution is 2.43.